The number of aliphatic imine (C=N–C) groups is 1. The molecule has 0 fully saturated rings. The molecule has 0 saturated heterocycles. The summed E-state index contributed by atoms with van der Waals surface area (Å²) in [6.45, 7) is 12.1. The summed E-state index contributed by atoms with van der Waals surface area (Å²) in [5, 5.41) is 8.95. The standard InChI is InChI=1S/C19H32N4O2.HI/c1-6-15(5)25-17-11-14(4)9-10-16(17)12-22-19(21-8-3)23-13-18(24)20-7-2;/h9-11,15H,6-8,12-13H2,1-5H3,(H,20,24)(H2,21,22,23);1H. The predicted molar refractivity (Wildman–Crippen MR) is 118 cm³/mol. The van der Waals surface area contributed by atoms with Gasteiger partial charge in [-0.15, -0.1) is 24.0 Å². The lowest BCUT2D eigenvalue weighted by Gasteiger charge is -2.17. The Bertz CT molecular complexity index is 579. The third kappa shape index (κ3) is 9.26. The highest BCUT2D eigenvalue weighted by molar-refractivity contribution is 14.0. The van der Waals surface area contributed by atoms with Crippen molar-refractivity contribution in [2.45, 2.75) is 53.7 Å². The molecule has 0 aliphatic rings. The summed E-state index contributed by atoms with van der Waals surface area (Å²) < 4.78 is 6.02. The number of amides is 1. The van der Waals surface area contributed by atoms with Crippen LogP contribution in [0.3, 0.4) is 0 Å². The topological polar surface area (TPSA) is 74.8 Å². The maximum atomic E-state index is 11.6. The summed E-state index contributed by atoms with van der Waals surface area (Å²) in [5.74, 6) is 1.44. The molecule has 0 aliphatic carbocycles. The van der Waals surface area contributed by atoms with Gasteiger partial charge in [0.1, 0.15) is 5.75 Å². The van der Waals surface area contributed by atoms with Crippen LogP contribution in [0, 0.1) is 6.92 Å². The zero-order chi connectivity index (χ0) is 18.7. The average Bonchev–Trinajstić information content (AvgIpc) is 2.58. The Morgan fingerprint density at radius 3 is 2.46 bits per heavy atom. The number of halogens is 1. The van der Waals surface area contributed by atoms with Crippen molar-refractivity contribution in [3.8, 4) is 5.75 Å². The summed E-state index contributed by atoms with van der Waals surface area (Å²) >= 11 is 0. The van der Waals surface area contributed by atoms with E-state index >= 15 is 0 Å². The van der Waals surface area contributed by atoms with Crippen molar-refractivity contribution in [3.05, 3.63) is 29.3 Å². The first-order valence-corrected chi connectivity index (χ1v) is 9.05. The molecule has 1 unspecified atom stereocenters. The molecule has 0 aliphatic heterocycles. The van der Waals surface area contributed by atoms with E-state index in [1.807, 2.05) is 26.0 Å². The minimum Gasteiger partial charge on any atom is -0.490 e. The number of likely N-dealkylation sites (N-methyl/N-ethyl adjacent to an activating group) is 1. The highest BCUT2D eigenvalue weighted by Gasteiger charge is 2.08. The van der Waals surface area contributed by atoms with E-state index in [0.29, 0.717) is 19.0 Å². The normalized spacial score (nSPS) is 12.0. The Morgan fingerprint density at radius 1 is 1.15 bits per heavy atom. The van der Waals surface area contributed by atoms with Gasteiger partial charge in [0, 0.05) is 18.7 Å². The molecular weight excluding hydrogens is 443 g/mol. The lowest BCUT2D eigenvalue weighted by atomic mass is 10.1. The molecule has 0 heterocycles. The van der Waals surface area contributed by atoms with E-state index in [9.17, 15) is 4.79 Å². The van der Waals surface area contributed by atoms with E-state index in [-0.39, 0.29) is 42.5 Å². The van der Waals surface area contributed by atoms with Crippen LogP contribution in [0.4, 0.5) is 0 Å². The molecule has 148 valence electrons. The minimum absolute atomic E-state index is 0. The Hall–Kier alpha value is -1.51. The molecule has 0 aromatic heterocycles. The van der Waals surface area contributed by atoms with Crippen LogP contribution >= 0.6 is 24.0 Å². The summed E-state index contributed by atoms with van der Waals surface area (Å²) in [5.41, 5.74) is 2.19. The van der Waals surface area contributed by atoms with Crippen LogP contribution in [0.2, 0.25) is 0 Å². The minimum atomic E-state index is -0.0516. The fraction of sp³-hybridized carbons (Fsp3) is 0.579. The Morgan fingerprint density at radius 2 is 1.85 bits per heavy atom. The number of guanidine groups is 1. The first kappa shape index (κ1) is 24.5. The van der Waals surface area contributed by atoms with Gasteiger partial charge >= 0.3 is 0 Å². The highest BCUT2D eigenvalue weighted by atomic mass is 127. The van der Waals surface area contributed by atoms with Crippen LogP contribution < -0.4 is 20.7 Å². The maximum absolute atomic E-state index is 11.6. The molecule has 7 heteroatoms. The zero-order valence-corrected chi connectivity index (χ0v) is 18.8. The van der Waals surface area contributed by atoms with E-state index in [2.05, 4.69) is 47.8 Å². The molecule has 3 N–H and O–H groups in total. The van der Waals surface area contributed by atoms with Crippen LogP contribution in [0.25, 0.3) is 0 Å². The van der Waals surface area contributed by atoms with Crippen molar-refractivity contribution in [1.29, 1.82) is 0 Å². The van der Waals surface area contributed by atoms with Gasteiger partial charge in [-0.2, -0.15) is 0 Å². The number of hydrogen-bond acceptors (Lipinski definition) is 3. The largest absolute Gasteiger partial charge is 0.490 e. The average molecular weight is 476 g/mol. The van der Waals surface area contributed by atoms with E-state index in [1.54, 1.807) is 0 Å². The van der Waals surface area contributed by atoms with Crippen molar-refractivity contribution in [2.75, 3.05) is 19.6 Å². The second kappa shape index (κ2) is 13.7. The van der Waals surface area contributed by atoms with E-state index < -0.39 is 0 Å². The molecule has 0 bridgehead atoms. The van der Waals surface area contributed by atoms with Crippen LogP contribution in [0.15, 0.2) is 23.2 Å². The third-order valence-corrected chi connectivity index (χ3v) is 3.67. The van der Waals surface area contributed by atoms with Crippen molar-refractivity contribution in [3.63, 3.8) is 0 Å². The Kier molecular flexibility index (Phi) is 12.9. The van der Waals surface area contributed by atoms with Crippen LogP contribution in [-0.4, -0.2) is 37.6 Å². The number of ether oxygens (including phenoxy) is 1. The molecule has 6 nitrogen and oxygen atoms in total. The fourth-order valence-corrected chi connectivity index (χ4v) is 2.13. The summed E-state index contributed by atoms with van der Waals surface area (Å²) in [7, 11) is 0. The predicted octanol–water partition coefficient (Wildman–Crippen LogP) is 2.98. The maximum Gasteiger partial charge on any atom is 0.239 e. The van der Waals surface area contributed by atoms with Crippen LogP contribution in [-0.2, 0) is 11.3 Å². The van der Waals surface area contributed by atoms with Gasteiger partial charge in [-0.25, -0.2) is 4.99 Å². The van der Waals surface area contributed by atoms with Crippen molar-refractivity contribution < 1.29 is 9.53 Å². The molecule has 1 atom stereocenters. The molecule has 1 rings (SSSR count). The number of carbonyl (C=O) groups is 1. The van der Waals surface area contributed by atoms with E-state index in [4.69, 9.17) is 4.74 Å². The smallest absolute Gasteiger partial charge is 0.239 e. The Labute approximate surface area is 174 Å². The van der Waals surface area contributed by atoms with Gasteiger partial charge in [-0.05, 0) is 45.7 Å². The van der Waals surface area contributed by atoms with Crippen molar-refractivity contribution in [2.24, 2.45) is 4.99 Å². The SMILES string of the molecule is CCNC(=O)CNC(=NCc1ccc(C)cc1OC(C)CC)NCC.I. The number of benzene rings is 1. The number of aryl methyl sites for hydroxylation is 1. The molecular formula is C19H33IN4O2. The molecule has 1 aromatic rings. The first-order chi connectivity index (χ1) is 12.0. The number of nitrogens with one attached hydrogen (secondary N) is 3. The fourth-order valence-electron chi connectivity index (χ4n) is 2.13. The van der Waals surface area contributed by atoms with E-state index in [0.717, 1.165) is 29.8 Å². The number of rotatable bonds is 9. The molecule has 0 radical (unpaired) electrons. The number of nitrogens with zero attached hydrogens (tertiary/aromatic N) is 1. The quantitative estimate of drug-likeness (QED) is 0.291. The zero-order valence-electron chi connectivity index (χ0n) is 16.5. The molecule has 0 saturated carbocycles. The highest BCUT2D eigenvalue weighted by Crippen LogP contribution is 2.23. The summed E-state index contributed by atoms with van der Waals surface area (Å²) in [6, 6.07) is 6.15. The molecule has 1 amide bonds. The van der Waals surface area contributed by atoms with Gasteiger partial charge in [0.25, 0.3) is 0 Å². The monoisotopic (exact) mass is 476 g/mol. The lowest BCUT2D eigenvalue weighted by Crippen LogP contribution is -2.43. The van der Waals surface area contributed by atoms with Gasteiger partial charge in [0.15, 0.2) is 5.96 Å². The second-order valence-corrected chi connectivity index (χ2v) is 5.95. The number of hydrogen-bond donors (Lipinski definition) is 3. The Balaban J connectivity index is 0.00000625. The number of carbonyl (C=O) groups excluding carboxylic acids is 1. The summed E-state index contributed by atoms with van der Waals surface area (Å²) in [6.07, 6.45) is 1.11. The lowest BCUT2D eigenvalue weighted by molar-refractivity contribution is -0.119. The van der Waals surface area contributed by atoms with Gasteiger partial charge in [-0.1, -0.05) is 19.1 Å². The van der Waals surface area contributed by atoms with Crippen molar-refractivity contribution in [1.82, 2.24) is 16.0 Å². The van der Waals surface area contributed by atoms with Crippen molar-refractivity contribution >= 4 is 35.8 Å². The van der Waals surface area contributed by atoms with E-state index in [1.165, 1.54) is 0 Å². The first-order valence-electron chi connectivity index (χ1n) is 9.05. The van der Waals surface area contributed by atoms with Gasteiger partial charge in [0.2, 0.25) is 5.91 Å². The summed E-state index contributed by atoms with van der Waals surface area (Å²) in [4.78, 5) is 16.2. The third-order valence-electron chi connectivity index (χ3n) is 3.67. The van der Waals surface area contributed by atoms with Gasteiger partial charge in [0.05, 0.1) is 19.2 Å². The van der Waals surface area contributed by atoms with Gasteiger partial charge in [-0.3, -0.25) is 4.79 Å². The van der Waals surface area contributed by atoms with Crippen LogP contribution in [0.5, 0.6) is 5.75 Å². The molecule has 0 spiro atoms. The molecule has 26 heavy (non-hydrogen) atoms. The second-order valence-electron chi connectivity index (χ2n) is 5.95. The molecule has 1 aromatic carbocycles. The van der Waals surface area contributed by atoms with Gasteiger partial charge < -0.3 is 20.7 Å². The van der Waals surface area contributed by atoms with Crippen LogP contribution in [0.1, 0.15) is 45.2 Å².